The van der Waals surface area contributed by atoms with Crippen molar-refractivity contribution in [2.24, 2.45) is 5.73 Å². The van der Waals surface area contributed by atoms with E-state index in [4.69, 9.17) is 10.6 Å². The Morgan fingerprint density at radius 1 is 1.22 bits per heavy atom. The van der Waals surface area contributed by atoms with E-state index in [0.717, 1.165) is 18.4 Å². The predicted octanol–water partition coefficient (Wildman–Crippen LogP) is 1.28. The maximum absolute atomic E-state index is 12.7. The number of benzene rings is 1. The zero-order valence-electron chi connectivity index (χ0n) is 16.0. The van der Waals surface area contributed by atoms with Crippen molar-refractivity contribution in [1.29, 1.82) is 0 Å². The summed E-state index contributed by atoms with van der Waals surface area (Å²) in [7, 11) is 0. The molecule has 0 aliphatic heterocycles. The fourth-order valence-corrected chi connectivity index (χ4v) is 2.60. The van der Waals surface area contributed by atoms with Crippen molar-refractivity contribution in [2.45, 2.75) is 46.1 Å². The zero-order valence-corrected chi connectivity index (χ0v) is 16.0. The Hall–Kier alpha value is -2.67. The second kappa shape index (κ2) is 10.5. The second-order valence-electron chi connectivity index (χ2n) is 6.43. The molecule has 0 unspecified atom stereocenters. The van der Waals surface area contributed by atoms with E-state index in [0.29, 0.717) is 30.2 Å². The van der Waals surface area contributed by atoms with E-state index < -0.39 is 0 Å². The third-order valence-electron chi connectivity index (χ3n) is 4.31. The summed E-state index contributed by atoms with van der Waals surface area (Å²) in [5.74, 6) is -0.0943. The van der Waals surface area contributed by atoms with Crippen LogP contribution in [-0.4, -0.2) is 28.7 Å². The lowest BCUT2D eigenvalue weighted by molar-refractivity contribution is -0.121. The average molecular weight is 372 g/mol. The summed E-state index contributed by atoms with van der Waals surface area (Å²) in [6.45, 7) is 5.12. The molecule has 1 aromatic carbocycles. The van der Waals surface area contributed by atoms with Gasteiger partial charge in [0.25, 0.3) is 0 Å². The molecule has 0 saturated heterocycles. The molecule has 0 saturated carbocycles. The van der Waals surface area contributed by atoms with Crippen LogP contribution < -0.4 is 21.4 Å². The molecule has 0 spiro atoms. The molecule has 0 aliphatic carbocycles. The third-order valence-corrected chi connectivity index (χ3v) is 4.31. The van der Waals surface area contributed by atoms with Crippen LogP contribution in [0.2, 0.25) is 0 Å². The van der Waals surface area contributed by atoms with Crippen LogP contribution in [0.1, 0.15) is 41.9 Å². The van der Waals surface area contributed by atoms with Gasteiger partial charge in [0.05, 0.1) is 11.4 Å². The van der Waals surface area contributed by atoms with Gasteiger partial charge in [-0.15, -0.1) is 4.73 Å². The maximum atomic E-state index is 12.7. The van der Waals surface area contributed by atoms with E-state index in [1.165, 1.54) is 4.73 Å². The zero-order chi connectivity index (χ0) is 19.6. The number of carbonyl (C=O) groups excluding carboxylic acids is 1. The average Bonchev–Trinajstić information content (AvgIpc) is 2.68. The number of aromatic nitrogens is 2. The maximum Gasteiger partial charge on any atom is 0.304 e. The highest BCUT2D eigenvalue weighted by molar-refractivity contribution is 5.76. The van der Waals surface area contributed by atoms with Crippen molar-refractivity contribution in [2.75, 3.05) is 13.1 Å². The Balaban J connectivity index is 2.01. The Morgan fingerprint density at radius 3 is 2.67 bits per heavy atom. The summed E-state index contributed by atoms with van der Waals surface area (Å²) in [6.07, 6.45) is 2.22. The van der Waals surface area contributed by atoms with Gasteiger partial charge < -0.3 is 15.9 Å². The van der Waals surface area contributed by atoms with Gasteiger partial charge in [0, 0.05) is 19.4 Å². The number of nitrogens with one attached hydrogen (secondary N) is 1. The number of nitrogens with zero attached hydrogens (tertiary/aromatic N) is 2. The first kappa shape index (κ1) is 20.6. The van der Waals surface area contributed by atoms with Gasteiger partial charge in [0.1, 0.15) is 12.3 Å². The van der Waals surface area contributed by atoms with Crippen molar-refractivity contribution in [3.8, 4) is 0 Å². The monoisotopic (exact) mass is 372 g/mol. The predicted molar refractivity (Wildman–Crippen MR) is 104 cm³/mol. The minimum atomic E-state index is -0.315. The Labute approximate surface area is 159 Å². The smallest absolute Gasteiger partial charge is 0.304 e. The van der Waals surface area contributed by atoms with Crippen LogP contribution in [0.5, 0.6) is 0 Å². The van der Waals surface area contributed by atoms with Gasteiger partial charge in [-0.25, -0.2) is 0 Å². The summed E-state index contributed by atoms with van der Waals surface area (Å²) in [4.78, 5) is 34.7. The Kier molecular flexibility index (Phi) is 8.00. The largest absolute Gasteiger partial charge is 0.406 e. The third kappa shape index (κ3) is 6.21. The quantitative estimate of drug-likeness (QED) is 0.612. The van der Waals surface area contributed by atoms with Crippen LogP contribution in [0.4, 0.5) is 0 Å². The van der Waals surface area contributed by atoms with Crippen LogP contribution in [-0.2, 0) is 17.8 Å². The van der Waals surface area contributed by atoms with Gasteiger partial charge in [-0.1, -0.05) is 30.3 Å². The standard InChI is InChI=1S/C20H28N4O3/c1-15-16(2)24(27-14-17-8-4-3-5-9-17)20(26)18(23-15)10-11-19(25)22-13-7-6-12-21/h3-5,8-9H,6-7,10-14,21H2,1-2H3,(H,22,25). The highest BCUT2D eigenvalue weighted by atomic mass is 16.7. The Bertz CT molecular complexity index is 803. The summed E-state index contributed by atoms with van der Waals surface area (Å²) in [6, 6.07) is 9.64. The molecule has 7 nitrogen and oxygen atoms in total. The molecular formula is C20H28N4O3. The normalized spacial score (nSPS) is 10.6. The molecule has 0 aliphatic rings. The summed E-state index contributed by atoms with van der Waals surface area (Å²) in [5, 5.41) is 2.83. The van der Waals surface area contributed by atoms with E-state index in [1.807, 2.05) is 37.3 Å². The summed E-state index contributed by atoms with van der Waals surface area (Å²) >= 11 is 0. The molecule has 1 aromatic heterocycles. The van der Waals surface area contributed by atoms with E-state index in [-0.39, 0.29) is 30.9 Å². The van der Waals surface area contributed by atoms with Gasteiger partial charge in [-0.3, -0.25) is 14.6 Å². The van der Waals surface area contributed by atoms with Crippen LogP contribution in [0.3, 0.4) is 0 Å². The molecule has 1 heterocycles. The van der Waals surface area contributed by atoms with Crippen molar-refractivity contribution >= 4 is 5.91 Å². The van der Waals surface area contributed by atoms with Crippen LogP contribution >= 0.6 is 0 Å². The molecule has 0 bridgehead atoms. The fourth-order valence-electron chi connectivity index (χ4n) is 2.60. The first-order chi connectivity index (χ1) is 13.0. The lowest BCUT2D eigenvalue weighted by atomic mass is 10.2. The molecule has 146 valence electrons. The molecule has 0 fully saturated rings. The van der Waals surface area contributed by atoms with Gasteiger partial charge in [0.15, 0.2) is 0 Å². The number of amides is 1. The number of unbranched alkanes of at least 4 members (excludes halogenated alkanes) is 1. The van der Waals surface area contributed by atoms with Gasteiger partial charge in [-0.05, 0) is 38.8 Å². The molecular weight excluding hydrogens is 344 g/mol. The number of rotatable bonds is 10. The fraction of sp³-hybridized carbons (Fsp3) is 0.450. The highest BCUT2D eigenvalue weighted by Crippen LogP contribution is 2.05. The van der Waals surface area contributed by atoms with E-state index >= 15 is 0 Å². The molecule has 7 heteroatoms. The minimum absolute atomic E-state index is 0.0943. The number of nitrogens with two attached hydrogens (primary N) is 1. The van der Waals surface area contributed by atoms with Crippen LogP contribution in [0, 0.1) is 13.8 Å². The molecule has 0 radical (unpaired) electrons. The SMILES string of the molecule is Cc1nc(CCC(=O)NCCCCN)c(=O)n(OCc2ccccc2)c1C. The minimum Gasteiger partial charge on any atom is -0.406 e. The van der Waals surface area contributed by atoms with Crippen molar-refractivity contribution < 1.29 is 9.63 Å². The van der Waals surface area contributed by atoms with E-state index in [2.05, 4.69) is 10.3 Å². The molecule has 0 atom stereocenters. The molecule has 2 aromatic rings. The van der Waals surface area contributed by atoms with Crippen molar-refractivity contribution in [3.63, 3.8) is 0 Å². The first-order valence-electron chi connectivity index (χ1n) is 9.26. The molecule has 27 heavy (non-hydrogen) atoms. The first-order valence-corrected chi connectivity index (χ1v) is 9.26. The number of aryl methyl sites for hydroxylation is 2. The lowest BCUT2D eigenvalue weighted by Gasteiger charge is -2.14. The van der Waals surface area contributed by atoms with E-state index in [9.17, 15) is 9.59 Å². The number of hydrogen-bond donors (Lipinski definition) is 2. The van der Waals surface area contributed by atoms with Gasteiger partial charge in [-0.2, -0.15) is 0 Å². The topological polar surface area (TPSA) is 99.2 Å². The molecule has 2 rings (SSSR count). The van der Waals surface area contributed by atoms with Crippen molar-refractivity contribution in [3.05, 3.63) is 63.3 Å². The lowest BCUT2D eigenvalue weighted by Crippen LogP contribution is -2.34. The van der Waals surface area contributed by atoms with Crippen LogP contribution in [0.25, 0.3) is 0 Å². The summed E-state index contributed by atoms with van der Waals surface area (Å²) in [5.41, 5.74) is 7.79. The number of carbonyl (C=O) groups is 1. The molecule has 1 amide bonds. The van der Waals surface area contributed by atoms with Crippen molar-refractivity contribution in [1.82, 2.24) is 15.0 Å². The second-order valence-corrected chi connectivity index (χ2v) is 6.43. The Morgan fingerprint density at radius 2 is 1.96 bits per heavy atom. The summed E-state index contributed by atoms with van der Waals surface area (Å²) < 4.78 is 1.28. The van der Waals surface area contributed by atoms with Gasteiger partial charge in [0.2, 0.25) is 5.91 Å². The molecule has 3 N–H and O–H groups in total. The number of hydrogen-bond acceptors (Lipinski definition) is 5. The van der Waals surface area contributed by atoms with Crippen LogP contribution in [0.15, 0.2) is 35.1 Å². The highest BCUT2D eigenvalue weighted by Gasteiger charge is 2.14. The van der Waals surface area contributed by atoms with Gasteiger partial charge >= 0.3 is 5.56 Å². The van der Waals surface area contributed by atoms with E-state index in [1.54, 1.807) is 6.92 Å².